The summed E-state index contributed by atoms with van der Waals surface area (Å²) in [4.78, 5) is 12.3. The summed E-state index contributed by atoms with van der Waals surface area (Å²) in [7, 11) is -4.50. The summed E-state index contributed by atoms with van der Waals surface area (Å²) in [5.41, 5.74) is 4.42. The summed E-state index contributed by atoms with van der Waals surface area (Å²) in [6, 6.07) is 13.7. The van der Waals surface area contributed by atoms with Crippen molar-refractivity contribution in [1.29, 1.82) is 0 Å². The van der Waals surface area contributed by atoms with Crippen molar-refractivity contribution in [1.82, 2.24) is 0 Å². The minimum atomic E-state index is -2.25. The van der Waals surface area contributed by atoms with Crippen molar-refractivity contribution in [2.45, 2.75) is 192 Å². The highest BCUT2D eigenvalue weighted by molar-refractivity contribution is 6.78. The molecular formula is C46H76O9Si2. The molecular weight excluding hydrogens is 753 g/mol. The average molecular weight is 829 g/mol. The molecule has 5 unspecified atom stereocenters. The van der Waals surface area contributed by atoms with Gasteiger partial charge in [0, 0.05) is 12.5 Å². The van der Waals surface area contributed by atoms with Gasteiger partial charge < -0.3 is 38.4 Å². The lowest BCUT2D eigenvalue weighted by molar-refractivity contribution is -0.278. The van der Waals surface area contributed by atoms with Crippen LogP contribution in [0.25, 0.3) is 12.2 Å². The van der Waals surface area contributed by atoms with Gasteiger partial charge in [0.2, 0.25) is 6.29 Å². The topological polar surface area (TPSA) is 124 Å². The largest absolute Gasteiger partial charge is 0.543 e. The van der Waals surface area contributed by atoms with Crippen molar-refractivity contribution in [2.24, 2.45) is 0 Å². The maximum Gasteiger partial charge on any atom is 0.305 e. The highest BCUT2D eigenvalue weighted by atomic mass is 28.4. The molecule has 9 nitrogen and oxygen atoms in total. The summed E-state index contributed by atoms with van der Waals surface area (Å²) >= 11 is 0. The summed E-state index contributed by atoms with van der Waals surface area (Å²) in [6.07, 6.45) is 2.56. The van der Waals surface area contributed by atoms with Crippen LogP contribution in [0.3, 0.4) is 0 Å². The molecule has 1 aliphatic rings. The minimum Gasteiger partial charge on any atom is -0.543 e. The molecule has 3 N–H and O–H groups in total. The summed E-state index contributed by atoms with van der Waals surface area (Å²) in [5.74, 6) is 1.72. The number of aliphatic hydroxyl groups is 3. The van der Waals surface area contributed by atoms with Crippen molar-refractivity contribution in [3.05, 3.63) is 53.6 Å². The molecule has 0 saturated carbocycles. The zero-order valence-corrected chi connectivity index (χ0v) is 39.3. The molecule has 2 aromatic rings. The summed E-state index contributed by atoms with van der Waals surface area (Å²) < 4.78 is 31.6. The van der Waals surface area contributed by atoms with E-state index in [0.29, 0.717) is 39.0 Å². The van der Waals surface area contributed by atoms with Crippen molar-refractivity contribution in [3.63, 3.8) is 0 Å². The molecule has 5 atom stereocenters. The number of hydrogen-bond donors (Lipinski definition) is 3. The van der Waals surface area contributed by atoms with Gasteiger partial charge in [0.15, 0.2) is 0 Å². The van der Waals surface area contributed by atoms with E-state index in [-0.39, 0.29) is 19.0 Å². The molecule has 1 heterocycles. The van der Waals surface area contributed by atoms with E-state index in [0.717, 1.165) is 54.7 Å². The van der Waals surface area contributed by atoms with Gasteiger partial charge in [0.1, 0.15) is 48.3 Å². The van der Waals surface area contributed by atoms with Gasteiger partial charge in [-0.15, -0.1) is 0 Å². The molecule has 0 amide bonds. The Balaban J connectivity index is 1.84. The second-order valence-corrected chi connectivity index (χ2v) is 28.7. The number of benzene rings is 2. The van der Waals surface area contributed by atoms with Crippen LogP contribution in [0.2, 0.25) is 33.2 Å². The van der Waals surface area contributed by atoms with E-state index in [4.69, 9.17) is 23.1 Å². The first-order valence-electron chi connectivity index (χ1n) is 21.6. The average Bonchev–Trinajstić information content (AvgIpc) is 3.14. The van der Waals surface area contributed by atoms with Gasteiger partial charge in [-0.2, -0.15) is 0 Å². The summed E-state index contributed by atoms with van der Waals surface area (Å²) in [6.45, 7) is 29.5. The van der Waals surface area contributed by atoms with Gasteiger partial charge in [0.25, 0.3) is 16.6 Å². The zero-order chi connectivity index (χ0) is 42.7. The number of aliphatic hydroxyl groups excluding tert-OH is 3. The van der Waals surface area contributed by atoms with Crippen LogP contribution in [0.5, 0.6) is 17.2 Å². The SMILES string of the molecule is CCCCCCCC(=O)OCC1OC(Oc2ccc(/C=C/c3cc(O[Si](C(C)C)(C(C)C)C(C)C)cc(O[Si](C(C)C)(C(C)C)C(C)C)c3)cc2)C(O)C(O)C1O. The van der Waals surface area contributed by atoms with Crippen LogP contribution >= 0.6 is 0 Å². The molecule has 57 heavy (non-hydrogen) atoms. The third-order valence-electron chi connectivity index (χ3n) is 12.1. The predicted molar refractivity (Wildman–Crippen MR) is 237 cm³/mol. The van der Waals surface area contributed by atoms with Gasteiger partial charge in [-0.1, -0.05) is 140 Å². The van der Waals surface area contributed by atoms with Gasteiger partial charge in [-0.05, 0) is 75.1 Å². The minimum absolute atomic E-state index is 0.257. The molecule has 0 aliphatic carbocycles. The molecule has 1 fully saturated rings. The van der Waals surface area contributed by atoms with Crippen molar-refractivity contribution >= 4 is 34.8 Å². The predicted octanol–water partition coefficient (Wildman–Crippen LogP) is 11.1. The van der Waals surface area contributed by atoms with Crippen molar-refractivity contribution < 1.29 is 43.2 Å². The second kappa shape index (κ2) is 22.1. The molecule has 0 radical (unpaired) electrons. The van der Waals surface area contributed by atoms with Crippen molar-refractivity contribution in [3.8, 4) is 17.2 Å². The number of esters is 1. The molecule has 0 spiro atoms. The third kappa shape index (κ3) is 12.4. The van der Waals surface area contributed by atoms with E-state index in [1.807, 2.05) is 18.2 Å². The smallest absolute Gasteiger partial charge is 0.305 e. The fourth-order valence-electron chi connectivity index (χ4n) is 9.18. The Labute approximate surface area is 346 Å². The quantitative estimate of drug-likeness (QED) is 0.0460. The maximum absolute atomic E-state index is 12.3. The number of ether oxygens (including phenoxy) is 3. The van der Waals surface area contributed by atoms with Crippen LogP contribution in [0.4, 0.5) is 0 Å². The van der Waals surface area contributed by atoms with E-state index in [9.17, 15) is 20.1 Å². The molecule has 2 aromatic carbocycles. The fourth-order valence-corrected chi connectivity index (χ4v) is 19.6. The zero-order valence-electron chi connectivity index (χ0n) is 37.3. The lowest BCUT2D eigenvalue weighted by Gasteiger charge is -2.43. The van der Waals surface area contributed by atoms with Crippen LogP contribution in [-0.2, 0) is 14.3 Å². The Hall–Kier alpha value is -2.68. The number of hydrogen-bond acceptors (Lipinski definition) is 9. The van der Waals surface area contributed by atoms with Crippen LogP contribution in [0.15, 0.2) is 42.5 Å². The Morgan fingerprint density at radius 3 is 1.58 bits per heavy atom. The van der Waals surface area contributed by atoms with Crippen LogP contribution in [0.1, 0.15) is 140 Å². The first-order chi connectivity index (χ1) is 26.8. The first kappa shape index (κ1) is 48.7. The third-order valence-corrected chi connectivity index (χ3v) is 24.1. The Bertz CT molecular complexity index is 1440. The molecule has 0 aromatic heterocycles. The van der Waals surface area contributed by atoms with Gasteiger partial charge in [0.05, 0.1) is 0 Å². The normalized spacial score (nSPS) is 20.8. The molecule has 0 bridgehead atoms. The number of carbonyl (C=O) groups is 1. The van der Waals surface area contributed by atoms with Crippen LogP contribution in [-0.4, -0.2) is 75.2 Å². The van der Waals surface area contributed by atoms with Gasteiger partial charge >= 0.3 is 5.97 Å². The monoisotopic (exact) mass is 829 g/mol. The first-order valence-corrected chi connectivity index (χ1v) is 25.9. The van der Waals surface area contributed by atoms with E-state index < -0.39 is 47.3 Å². The summed E-state index contributed by atoms with van der Waals surface area (Å²) in [5, 5.41) is 31.8. The standard InChI is InChI=1S/C46H76O9Si2/c1-14-15-16-17-18-19-42(47)51-29-41-43(48)44(49)45(50)46(53-41)52-38-24-22-36(23-25-38)20-21-37-26-39(54-56(30(2)3,31(4)5)32(6)7)28-40(27-37)55-57(33(8)9,34(10)11)35(12)13/h20-28,30-35,41,43-46,48-50H,14-19,29H2,1-13H3/b21-20+. The maximum atomic E-state index is 12.3. The lowest BCUT2D eigenvalue weighted by Crippen LogP contribution is -2.60. The van der Waals surface area contributed by atoms with Crippen LogP contribution < -0.4 is 13.6 Å². The van der Waals surface area contributed by atoms with Crippen molar-refractivity contribution in [2.75, 3.05) is 6.61 Å². The van der Waals surface area contributed by atoms with Gasteiger partial charge in [-0.3, -0.25) is 4.79 Å². The number of carbonyl (C=O) groups excluding carboxylic acids is 1. The second-order valence-electron chi connectivity index (χ2n) is 18.0. The van der Waals surface area contributed by atoms with Gasteiger partial charge in [-0.25, -0.2) is 0 Å². The Morgan fingerprint density at radius 1 is 0.632 bits per heavy atom. The van der Waals surface area contributed by atoms with E-state index >= 15 is 0 Å². The highest BCUT2D eigenvalue weighted by Crippen LogP contribution is 2.46. The van der Waals surface area contributed by atoms with Crippen LogP contribution in [0, 0.1) is 0 Å². The van der Waals surface area contributed by atoms with E-state index in [2.05, 4.69) is 114 Å². The Morgan fingerprint density at radius 2 is 1.11 bits per heavy atom. The molecule has 1 aliphatic heterocycles. The molecule has 11 heteroatoms. The number of unbranched alkanes of at least 4 members (excludes halogenated alkanes) is 4. The highest BCUT2D eigenvalue weighted by Gasteiger charge is 2.49. The number of rotatable bonds is 22. The van der Waals surface area contributed by atoms with E-state index in [1.54, 1.807) is 12.1 Å². The molecule has 1 saturated heterocycles. The fraction of sp³-hybridized carbons (Fsp3) is 0.674. The van der Waals surface area contributed by atoms with E-state index in [1.165, 1.54) is 0 Å². The Kier molecular flexibility index (Phi) is 18.9. The molecule has 322 valence electrons. The molecule has 3 rings (SSSR count). The lowest BCUT2D eigenvalue weighted by atomic mass is 9.99.